The molecule has 0 spiro atoms. The number of amides is 1. The van der Waals surface area contributed by atoms with Crippen molar-refractivity contribution >= 4 is 5.91 Å². The Kier molecular flexibility index (Phi) is 6.58. The van der Waals surface area contributed by atoms with Crippen molar-refractivity contribution in [1.82, 2.24) is 15.6 Å². The predicted molar refractivity (Wildman–Crippen MR) is 88.4 cm³/mol. The molecule has 0 fully saturated rings. The summed E-state index contributed by atoms with van der Waals surface area (Å²) in [4.78, 5) is 16.2. The van der Waals surface area contributed by atoms with E-state index in [0.29, 0.717) is 13.0 Å². The quantitative estimate of drug-likeness (QED) is 0.736. The number of hydrogen-bond acceptors (Lipinski definition) is 3. The summed E-state index contributed by atoms with van der Waals surface area (Å²) in [6.45, 7) is 3.51. The Bertz CT molecular complexity index is 557. The smallest absolute Gasteiger partial charge is 0.221 e. The summed E-state index contributed by atoms with van der Waals surface area (Å²) in [6.07, 6.45) is 3.16. The van der Waals surface area contributed by atoms with Crippen LogP contribution >= 0.6 is 0 Å². The molecule has 4 nitrogen and oxygen atoms in total. The minimum absolute atomic E-state index is 0.0437. The van der Waals surface area contributed by atoms with Gasteiger partial charge in [0, 0.05) is 37.8 Å². The Labute approximate surface area is 132 Å². The van der Waals surface area contributed by atoms with Gasteiger partial charge in [0.15, 0.2) is 0 Å². The lowest BCUT2D eigenvalue weighted by molar-refractivity contribution is -0.121. The molecular formula is C18H23N3O. The topological polar surface area (TPSA) is 54.0 Å². The van der Waals surface area contributed by atoms with Crippen LogP contribution in [0, 0.1) is 0 Å². The van der Waals surface area contributed by atoms with Crippen LogP contribution in [0.4, 0.5) is 0 Å². The van der Waals surface area contributed by atoms with Crippen LogP contribution in [0.1, 0.15) is 30.6 Å². The molecule has 2 aromatic rings. The van der Waals surface area contributed by atoms with Gasteiger partial charge in [-0.3, -0.25) is 9.78 Å². The molecule has 116 valence electrons. The van der Waals surface area contributed by atoms with E-state index >= 15 is 0 Å². The van der Waals surface area contributed by atoms with E-state index in [1.165, 1.54) is 0 Å². The van der Waals surface area contributed by atoms with Crippen LogP contribution in [0.2, 0.25) is 0 Å². The molecule has 0 aliphatic rings. The molecule has 22 heavy (non-hydrogen) atoms. The van der Waals surface area contributed by atoms with Gasteiger partial charge in [-0.1, -0.05) is 36.4 Å². The highest BCUT2D eigenvalue weighted by Gasteiger charge is 2.08. The van der Waals surface area contributed by atoms with E-state index in [4.69, 9.17) is 0 Å². The molecule has 0 bridgehead atoms. The molecule has 4 heteroatoms. The molecule has 1 amide bonds. The Morgan fingerprint density at radius 3 is 2.59 bits per heavy atom. The third-order valence-electron chi connectivity index (χ3n) is 3.49. The Morgan fingerprint density at radius 2 is 1.86 bits per heavy atom. The van der Waals surface area contributed by atoms with Crippen molar-refractivity contribution in [2.45, 2.75) is 25.8 Å². The number of nitrogens with one attached hydrogen (secondary N) is 2. The normalized spacial score (nSPS) is 11.9. The van der Waals surface area contributed by atoms with Crippen molar-refractivity contribution in [3.63, 3.8) is 0 Å². The third kappa shape index (κ3) is 5.66. The Balaban J connectivity index is 1.60. The second-order valence-electron chi connectivity index (χ2n) is 5.27. The van der Waals surface area contributed by atoms with Crippen LogP contribution in [0.5, 0.6) is 0 Å². The van der Waals surface area contributed by atoms with E-state index in [1.807, 2.05) is 55.5 Å². The van der Waals surface area contributed by atoms with Gasteiger partial charge in [0.1, 0.15) is 0 Å². The van der Waals surface area contributed by atoms with Crippen LogP contribution in [0.15, 0.2) is 54.7 Å². The molecule has 0 saturated heterocycles. The minimum atomic E-state index is 0.0437. The summed E-state index contributed by atoms with van der Waals surface area (Å²) in [6, 6.07) is 15.9. The number of carbonyl (C=O) groups is 1. The molecule has 2 N–H and O–H groups in total. The summed E-state index contributed by atoms with van der Waals surface area (Å²) >= 11 is 0. The number of hydrogen-bond donors (Lipinski definition) is 2. The van der Waals surface area contributed by atoms with Gasteiger partial charge in [-0.05, 0) is 24.6 Å². The maximum atomic E-state index is 11.9. The standard InChI is InChI=1S/C18H23N3O/c1-15(16-7-3-2-4-8-16)21-18(22)11-14-19-13-10-17-9-5-6-12-20-17/h2-9,12,15,19H,10-11,13-14H2,1H3,(H,21,22)/t15-/m0/s1. The van der Waals surface area contributed by atoms with Crippen molar-refractivity contribution < 1.29 is 4.79 Å². The number of rotatable bonds is 8. The van der Waals surface area contributed by atoms with Crippen molar-refractivity contribution in [2.75, 3.05) is 13.1 Å². The summed E-state index contributed by atoms with van der Waals surface area (Å²) in [5.74, 6) is 0.0710. The van der Waals surface area contributed by atoms with Gasteiger partial charge >= 0.3 is 0 Å². The lowest BCUT2D eigenvalue weighted by atomic mass is 10.1. The average molecular weight is 297 g/mol. The van der Waals surface area contributed by atoms with Crippen LogP contribution in [-0.2, 0) is 11.2 Å². The largest absolute Gasteiger partial charge is 0.350 e. The second kappa shape index (κ2) is 8.95. The number of nitrogens with zero attached hydrogens (tertiary/aromatic N) is 1. The molecule has 1 atom stereocenters. The maximum absolute atomic E-state index is 11.9. The van der Waals surface area contributed by atoms with Gasteiger partial charge in [0.25, 0.3) is 0 Å². The Morgan fingerprint density at radius 1 is 1.09 bits per heavy atom. The third-order valence-corrected chi connectivity index (χ3v) is 3.49. The maximum Gasteiger partial charge on any atom is 0.221 e. The second-order valence-corrected chi connectivity index (χ2v) is 5.27. The fraction of sp³-hybridized carbons (Fsp3) is 0.333. The van der Waals surface area contributed by atoms with Gasteiger partial charge < -0.3 is 10.6 Å². The van der Waals surface area contributed by atoms with E-state index in [0.717, 1.165) is 24.2 Å². The fourth-order valence-corrected chi connectivity index (χ4v) is 2.23. The lowest BCUT2D eigenvalue weighted by Crippen LogP contribution is -2.30. The summed E-state index contributed by atoms with van der Waals surface area (Å²) in [5, 5.41) is 6.29. The van der Waals surface area contributed by atoms with Crippen molar-refractivity contribution in [2.24, 2.45) is 0 Å². The number of pyridine rings is 1. The molecule has 1 aromatic heterocycles. The van der Waals surface area contributed by atoms with E-state index in [9.17, 15) is 4.79 Å². The van der Waals surface area contributed by atoms with E-state index in [2.05, 4.69) is 15.6 Å². The zero-order valence-corrected chi connectivity index (χ0v) is 13.0. The molecule has 0 radical (unpaired) electrons. The van der Waals surface area contributed by atoms with Gasteiger partial charge in [0.05, 0.1) is 6.04 Å². The highest BCUT2D eigenvalue weighted by atomic mass is 16.1. The van der Waals surface area contributed by atoms with Crippen molar-refractivity contribution in [3.8, 4) is 0 Å². The highest BCUT2D eigenvalue weighted by molar-refractivity contribution is 5.76. The SMILES string of the molecule is C[C@H](NC(=O)CCNCCc1ccccn1)c1ccccc1. The first-order chi connectivity index (χ1) is 10.8. The molecule has 0 aliphatic heterocycles. The van der Waals surface area contributed by atoms with Gasteiger partial charge in [-0.25, -0.2) is 0 Å². The number of benzene rings is 1. The molecule has 0 aliphatic carbocycles. The number of aromatic nitrogens is 1. The van der Waals surface area contributed by atoms with Gasteiger partial charge in [-0.2, -0.15) is 0 Å². The molecular weight excluding hydrogens is 274 g/mol. The Hall–Kier alpha value is -2.20. The summed E-state index contributed by atoms with van der Waals surface area (Å²) in [7, 11) is 0. The van der Waals surface area contributed by atoms with Gasteiger partial charge in [-0.15, -0.1) is 0 Å². The first-order valence-corrected chi connectivity index (χ1v) is 7.70. The zero-order valence-electron chi connectivity index (χ0n) is 13.0. The zero-order chi connectivity index (χ0) is 15.6. The highest BCUT2D eigenvalue weighted by Crippen LogP contribution is 2.10. The minimum Gasteiger partial charge on any atom is -0.350 e. The van der Waals surface area contributed by atoms with E-state index < -0.39 is 0 Å². The molecule has 0 saturated carbocycles. The van der Waals surface area contributed by atoms with Crippen LogP contribution in [-0.4, -0.2) is 24.0 Å². The molecule has 1 aromatic carbocycles. The first-order valence-electron chi connectivity index (χ1n) is 7.70. The predicted octanol–water partition coefficient (Wildman–Crippen LogP) is 2.48. The molecule has 0 unspecified atom stereocenters. The van der Waals surface area contributed by atoms with E-state index in [-0.39, 0.29) is 11.9 Å². The molecule has 2 rings (SSSR count). The van der Waals surface area contributed by atoms with E-state index in [1.54, 1.807) is 6.20 Å². The van der Waals surface area contributed by atoms with Crippen LogP contribution in [0.25, 0.3) is 0 Å². The summed E-state index contributed by atoms with van der Waals surface area (Å²) in [5.41, 5.74) is 2.19. The van der Waals surface area contributed by atoms with Crippen LogP contribution < -0.4 is 10.6 Å². The average Bonchev–Trinajstić information content (AvgIpc) is 2.56. The van der Waals surface area contributed by atoms with Gasteiger partial charge in [0.2, 0.25) is 5.91 Å². The number of carbonyl (C=O) groups excluding carboxylic acids is 1. The molecule has 1 heterocycles. The van der Waals surface area contributed by atoms with Crippen molar-refractivity contribution in [3.05, 3.63) is 66.0 Å². The fourth-order valence-electron chi connectivity index (χ4n) is 2.23. The lowest BCUT2D eigenvalue weighted by Gasteiger charge is -2.14. The summed E-state index contributed by atoms with van der Waals surface area (Å²) < 4.78 is 0. The van der Waals surface area contributed by atoms with Crippen molar-refractivity contribution in [1.29, 1.82) is 0 Å². The monoisotopic (exact) mass is 297 g/mol. The first kappa shape index (κ1) is 16.2. The van der Waals surface area contributed by atoms with Crippen LogP contribution in [0.3, 0.4) is 0 Å².